The molecular weight excluding hydrogens is 1790 g/mol. The maximum Gasteiger partial charge on any atom is 0.373 e. The molecule has 0 fully saturated rings. The van der Waals surface area contributed by atoms with Gasteiger partial charge in [0.15, 0.2) is 11.6 Å². The van der Waals surface area contributed by atoms with Crippen LogP contribution in [0.25, 0.3) is 140 Å². The van der Waals surface area contributed by atoms with Crippen LogP contribution in [-0.2, 0) is 52.3 Å². The van der Waals surface area contributed by atoms with Crippen molar-refractivity contribution < 1.29 is 47.8 Å². The number of hydrogen-bond donors (Lipinski definition) is 0. The van der Waals surface area contributed by atoms with Crippen molar-refractivity contribution in [2.45, 2.75) is 125 Å². The number of benzene rings is 16. The molecule has 4 aliphatic carbocycles. The first-order valence-corrected chi connectivity index (χ1v) is 48.9. The summed E-state index contributed by atoms with van der Waals surface area (Å²) in [7, 11) is 7.13. The number of aromatic nitrogens is 2. The third-order valence-electron chi connectivity index (χ3n) is 26.6. The van der Waals surface area contributed by atoms with E-state index in [1.54, 1.807) is 0 Å². The number of carbonyl (C=O) groups is 4. The molecule has 0 radical (unpaired) electrons. The van der Waals surface area contributed by atoms with Gasteiger partial charge in [-0.15, -0.1) is 22.7 Å². The molecule has 12 nitrogen and oxygen atoms in total. The predicted octanol–water partition coefficient (Wildman–Crippen LogP) is 31.7. The predicted molar refractivity (Wildman–Crippen MR) is 587 cm³/mol. The van der Waals surface area contributed by atoms with E-state index in [1.165, 1.54) is 198 Å². The summed E-state index contributed by atoms with van der Waals surface area (Å²) in [6.07, 6.45) is 0.500. The van der Waals surface area contributed by atoms with Gasteiger partial charge in [-0.3, -0.25) is 9.59 Å². The molecule has 0 spiro atoms. The van der Waals surface area contributed by atoms with Gasteiger partial charge in [0.25, 0.3) is 0 Å². The molecule has 20 aromatic rings. The lowest BCUT2D eigenvalue weighted by Gasteiger charge is -2.08. The first-order chi connectivity index (χ1) is 68.0. The average molecular weight is 1900 g/mol. The van der Waals surface area contributed by atoms with E-state index in [9.17, 15) is 19.2 Å². The molecule has 16 aromatic carbocycles. The van der Waals surface area contributed by atoms with Gasteiger partial charge in [0, 0.05) is 143 Å². The van der Waals surface area contributed by atoms with E-state index < -0.39 is 0 Å². The van der Waals surface area contributed by atoms with Gasteiger partial charge >= 0.3 is 24.2 Å². The van der Waals surface area contributed by atoms with Crippen LogP contribution < -0.4 is 0 Å². The third-order valence-corrected chi connectivity index (χ3v) is 28.8. The molecule has 0 saturated heterocycles. The van der Waals surface area contributed by atoms with Crippen LogP contribution in [0.1, 0.15) is 157 Å². The monoisotopic (exact) mass is 1900 g/mol. The molecule has 0 unspecified atom stereocenters. The Kier molecular flexibility index (Phi) is 30.3. The fourth-order valence-electron chi connectivity index (χ4n) is 19.5. The number of methoxy groups -OCH3 is 2. The summed E-state index contributed by atoms with van der Waals surface area (Å²) in [6.45, 7) is 37.3. The second-order valence-corrected chi connectivity index (χ2v) is 39.8. The van der Waals surface area contributed by atoms with E-state index in [-0.39, 0.29) is 35.8 Å². The van der Waals surface area contributed by atoms with Gasteiger partial charge in [0.05, 0.1) is 14.2 Å². The van der Waals surface area contributed by atoms with Gasteiger partial charge < -0.3 is 18.6 Å². The number of aryl methyl sites for hydroxylation is 18. The van der Waals surface area contributed by atoms with E-state index >= 15 is 0 Å². The fraction of sp³-hybridized carbons (Fsp3) is 0.172. The van der Waals surface area contributed by atoms with Crippen LogP contribution in [0, 0.1) is 111 Å². The number of thiophene rings is 2. The molecule has 0 N–H and O–H groups in total. The van der Waals surface area contributed by atoms with Crippen molar-refractivity contribution >= 4 is 154 Å². The first kappa shape index (κ1) is 101. The highest BCUT2D eigenvalue weighted by atomic mass is 32.1. The van der Waals surface area contributed by atoms with Crippen LogP contribution in [0.3, 0.4) is 0 Å². The van der Waals surface area contributed by atoms with Crippen molar-refractivity contribution in [1.29, 1.82) is 0 Å². The maximum absolute atomic E-state index is 12.2. The molecule has 0 saturated carbocycles. The minimum Gasteiger partial charge on any atom is -0.466 e. The van der Waals surface area contributed by atoms with Gasteiger partial charge in [-0.25, -0.2) is 9.59 Å². The standard InChI is InChI=1S/2C19H18O2.2C15H15N.2C15H12O.2C14H12S.2CO2/c1-11-5-7-14-16(9-11)17-10-12(2)6-8-15(17)18(14)13(3)19(20)21-4;1-11-5-7-14-15-8-6-12(2)10-17(15)18(16(14)9-11)13(3)19(20)21-4;1-10-4-6-14-12(8-10)13-9-11(2)5-7-15(13)16(14)3;1-10-4-6-12-13-7-5-11(2)9-15(13)16(3)14(12)8-10;1-9-3-5-11-13(7-9)14-8-10(2)4-6-12(14)15(11)16;1-9-3-5-11-12-6-4-10(2)8-14(12)15(16)13(11)7-9;1-9-3-5-13-11(7-9)12-8-10(2)4-6-14(12)15-13;1-9-3-5-11-12-6-4-10(2)8-14(12)15-13(11)7-9;2*2-1-3/h2*5-10H,1-4H3;2*4-9H,1-3H3;2*3-8H,1-2H3;2*3-8H,1-2H3;;. The number of nitrogens with zero attached hydrogens (tertiary/aromatic N) is 2. The zero-order chi connectivity index (χ0) is 102. The van der Waals surface area contributed by atoms with Crippen molar-refractivity contribution in [3.63, 3.8) is 0 Å². The Morgan fingerprint density at radius 3 is 0.775 bits per heavy atom. The summed E-state index contributed by atoms with van der Waals surface area (Å²) >= 11 is 3.77. The minimum absolute atomic E-state index is 0.157. The van der Waals surface area contributed by atoms with E-state index in [4.69, 9.17) is 28.7 Å². The molecule has 0 amide bonds. The molecule has 4 aliphatic rings. The molecule has 708 valence electrons. The number of ketones is 2. The van der Waals surface area contributed by atoms with Gasteiger partial charge in [-0.05, 0) is 299 Å². The fourth-order valence-corrected chi connectivity index (χ4v) is 21.9. The van der Waals surface area contributed by atoms with Crippen molar-refractivity contribution in [2.75, 3.05) is 14.2 Å². The molecule has 4 heterocycles. The quantitative estimate of drug-likeness (QED) is 0.120. The number of esters is 2. The number of fused-ring (bicyclic) bond motifs is 24. The summed E-state index contributed by atoms with van der Waals surface area (Å²) in [5.74, 6) is -0.223. The molecule has 14 heteroatoms. The molecule has 4 aromatic heterocycles. The Hall–Kier alpha value is -15.9. The normalized spacial score (nSPS) is 11.4. The van der Waals surface area contributed by atoms with Crippen molar-refractivity contribution in [1.82, 2.24) is 9.13 Å². The summed E-state index contributed by atoms with van der Waals surface area (Å²) in [4.78, 5) is 80.8. The average Bonchev–Trinajstić information content (AvgIpc) is 1.58. The SMILES string of the molecule is COC(=O)C(C)=C1c2cc(C)ccc2-c2ccc(C)cc21.COC(=O)C(C)=C1c2ccc(C)cc2-c2cc(C)ccc21.Cc1ccc2c(c1)-c1cc(C)ccc1C2=O.Cc1ccc2c(c1)C(=O)c1cc(C)ccc1-2.Cc1ccc2c(c1)c1cc(C)ccc1n2C.Cc1ccc2c(c1)sc1cc(C)ccc12.Cc1ccc2c3ccc(C)cc3n(C)c2c1.Cc1ccc2sc3ccc(C)cc3c2c1.O=C=O.O=C=O. The van der Waals surface area contributed by atoms with E-state index in [1.807, 2.05) is 98.9 Å². The number of carbonyl (C=O) groups excluding carboxylic acids is 8. The molecule has 142 heavy (non-hydrogen) atoms. The first-order valence-electron chi connectivity index (χ1n) is 47.3. The van der Waals surface area contributed by atoms with Crippen molar-refractivity contribution in [3.8, 4) is 44.5 Å². The van der Waals surface area contributed by atoms with Gasteiger partial charge in [0.2, 0.25) is 0 Å². The van der Waals surface area contributed by atoms with Crippen LogP contribution in [0.4, 0.5) is 0 Å². The van der Waals surface area contributed by atoms with Crippen LogP contribution in [0.15, 0.2) is 302 Å². The Labute approximate surface area is 837 Å². The zero-order valence-electron chi connectivity index (χ0n) is 84.5. The highest BCUT2D eigenvalue weighted by molar-refractivity contribution is 7.26. The number of rotatable bonds is 2. The molecule has 0 atom stereocenters. The summed E-state index contributed by atoms with van der Waals surface area (Å²) in [6, 6.07) is 103. The second-order valence-electron chi connectivity index (χ2n) is 37.6. The van der Waals surface area contributed by atoms with Gasteiger partial charge in [0.1, 0.15) is 0 Å². The smallest absolute Gasteiger partial charge is 0.373 e. The number of hydrogen-bond acceptors (Lipinski definition) is 12. The second kappa shape index (κ2) is 42.8. The third kappa shape index (κ3) is 20.9. The Morgan fingerprint density at radius 1 is 0.218 bits per heavy atom. The lowest BCUT2D eigenvalue weighted by molar-refractivity contribution is -0.193. The zero-order valence-corrected chi connectivity index (χ0v) is 86.1. The Balaban J connectivity index is 0.000000122. The van der Waals surface area contributed by atoms with Crippen molar-refractivity contribution in [3.05, 3.63) is 436 Å². The van der Waals surface area contributed by atoms with E-state index in [0.29, 0.717) is 11.1 Å². The summed E-state index contributed by atoms with van der Waals surface area (Å²) < 4.78 is 20.0. The molecule has 24 rings (SSSR count). The van der Waals surface area contributed by atoms with Crippen LogP contribution in [0.2, 0.25) is 0 Å². The van der Waals surface area contributed by atoms with Crippen LogP contribution >= 0.6 is 22.7 Å². The Morgan fingerprint density at radius 2 is 0.437 bits per heavy atom. The van der Waals surface area contributed by atoms with Gasteiger partial charge in [-0.2, -0.15) is 19.2 Å². The molecule has 0 aliphatic heterocycles. The summed E-state index contributed by atoms with van der Waals surface area (Å²) in [5.41, 5.74) is 45.6. The highest BCUT2D eigenvalue weighted by Gasteiger charge is 2.32. The minimum atomic E-state index is -0.273. The van der Waals surface area contributed by atoms with E-state index in [0.717, 1.165) is 89.0 Å². The maximum atomic E-state index is 12.2. The topological polar surface area (TPSA) is 165 Å². The van der Waals surface area contributed by atoms with Crippen LogP contribution in [-0.4, -0.2) is 59.2 Å². The van der Waals surface area contributed by atoms with E-state index in [2.05, 4.69) is 363 Å². The number of ether oxygens (including phenoxy) is 2. The largest absolute Gasteiger partial charge is 0.466 e. The Bertz CT molecular complexity index is 8180. The molecule has 0 bridgehead atoms. The molecular formula is C128H114N2O10S2. The lowest BCUT2D eigenvalue weighted by atomic mass is 9.97. The van der Waals surface area contributed by atoms with Crippen LogP contribution in [0.5, 0.6) is 0 Å². The lowest BCUT2D eigenvalue weighted by Crippen LogP contribution is -2.04. The van der Waals surface area contributed by atoms with Crippen molar-refractivity contribution in [2.24, 2.45) is 14.1 Å². The summed E-state index contributed by atoms with van der Waals surface area (Å²) in [5, 5.41) is 11.0. The van der Waals surface area contributed by atoms with Gasteiger partial charge in [-0.1, -0.05) is 273 Å². The highest BCUT2D eigenvalue weighted by Crippen LogP contribution is 2.50.